The Hall–Kier alpha value is -2.36. The predicted molar refractivity (Wildman–Crippen MR) is 87.2 cm³/mol. The van der Waals surface area contributed by atoms with Gasteiger partial charge in [-0.1, -0.05) is 6.07 Å². The average molecular weight is 299 g/mol. The van der Waals surface area contributed by atoms with E-state index in [4.69, 9.17) is 14.2 Å². The van der Waals surface area contributed by atoms with E-state index < -0.39 is 0 Å². The second-order valence-corrected chi connectivity index (χ2v) is 5.27. The summed E-state index contributed by atoms with van der Waals surface area (Å²) in [6.07, 6.45) is 0.936. The highest BCUT2D eigenvalue weighted by molar-refractivity contribution is 5.61. The predicted octanol–water partition coefficient (Wildman–Crippen LogP) is 3.81. The minimum Gasteiger partial charge on any atom is -0.494 e. The molecule has 3 rings (SSSR count). The summed E-state index contributed by atoms with van der Waals surface area (Å²) in [5.41, 5.74) is 3.64. The van der Waals surface area contributed by atoms with Crippen LogP contribution in [0, 0.1) is 0 Å². The van der Waals surface area contributed by atoms with Gasteiger partial charge in [-0.15, -0.1) is 0 Å². The maximum absolute atomic E-state index is 5.57. The Balaban J connectivity index is 1.83. The van der Waals surface area contributed by atoms with Crippen molar-refractivity contribution < 1.29 is 14.2 Å². The van der Waals surface area contributed by atoms with E-state index in [1.807, 2.05) is 25.1 Å². The molecule has 0 fully saturated rings. The highest BCUT2D eigenvalue weighted by atomic mass is 16.5. The first-order valence-electron chi connectivity index (χ1n) is 7.49. The first kappa shape index (κ1) is 14.6. The van der Waals surface area contributed by atoms with Gasteiger partial charge in [0, 0.05) is 5.69 Å². The minimum atomic E-state index is 0.242. The fourth-order valence-electron chi connectivity index (χ4n) is 2.87. The van der Waals surface area contributed by atoms with Gasteiger partial charge in [-0.3, -0.25) is 0 Å². The van der Waals surface area contributed by atoms with Crippen molar-refractivity contribution in [2.24, 2.45) is 0 Å². The van der Waals surface area contributed by atoms with Crippen LogP contribution in [-0.2, 0) is 6.42 Å². The Morgan fingerprint density at radius 3 is 2.59 bits per heavy atom. The maximum atomic E-state index is 5.57. The monoisotopic (exact) mass is 299 g/mol. The lowest BCUT2D eigenvalue weighted by molar-refractivity contribution is 0.340. The van der Waals surface area contributed by atoms with E-state index in [2.05, 4.69) is 23.5 Å². The molecule has 1 aliphatic rings. The Kier molecular flexibility index (Phi) is 4.09. The lowest BCUT2D eigenvalue weighted by atomic mass is 10.0. The van der Waals surface area contributed by atoms with Crippen molar-refractivity contribution in [3.8, 4) is 17.2 Å². The largest absolute Gasteiger partial charge is 0.494 e. The Morgan fingerprint density at radius 2 is 1.86 bits per heavy atom. The number of hydrogen-bond donors (Lipinski definition) is 1. The van der Waals surface area contributed by atoms with Gasteiger partial charge in [-0.2, -0.15) is 0 Å². The molecule has 22 heavy (non-hydrogen) atoms. The zero-order valence-electron chi connectivity index (χ0n) is 13.2. The summed E-state index contributed by atoms with van der Waals surface area (Å²) in [5.74, 6) is 2.43. The molecule has 4 heteroatoms. The number of nitrogens with one attached hydrogen (secondary N) is 1. The van der Waals surface area contributed by atoms with Gasteiger partial charge in [0.2, 0.25) is 0 Å². The van der Waals surface area contributed by atoms with E-state index >= 15 is 0 Å². The molecule has 0 amide bonds. The van der Waals surface area contributed by atoms with Crippen LogP contribution in [0.4, 0.5) is 5.69 Å². The summed E-state index contributed by atoms with van der Waals surface area (Å²) in [6.45, 7) is 2.68. The molecule has 1 heterocycles. The van der Waals surface area contributed by atoms with Gasteiger partial charge < -0.3 is 19.5 Å². The Bertz CT molecular complexity index is 669. The van der Waals surface area contributed by atoms with Crippen LogP contribution in [0.1, 0.15) is 24.1 Å². The quantitative estimate of drug-likeness (QED) is 0.911. The van der Waals surface area contributed by atoms with E-state index in [1.54, 1.807) is 14.2 Å². The SMILES string of the molecule is CCOc1ccc2c(c1)CC(c1ccc(OC)c(OC)c1)N2. The van der Waals surface area contributed by atoms with E-state index in [9.17, 15) is 0 Å². The zero-order valence-corrected chi connectivity index (χ0v) is 13.2. The number of benzene rings is 2. The topological polar surface area (TPSA) is 39.7 Å². The highest BCUT2D eigenvalue weighted by Crippen LogP contribution is 2.38. The summed E-state index contributed by atoms with van der Waals surface area (Å²) < 4.78 is 16.3. The van der Waals surface area contributed by atoms with Crippen molar-refractivity contribution in [2.45, 2.75) is 19.4 Å². The van der Waals surface area contributed by atoms with Crippen LogP contribution in [0.15, 0.2) is 36.4 Å². The molecule has 0 aromatic heterocycles. The normalized spacial score (nSPS) is 15.9. The van der Waals surface area contributed by atoms with Crippen LogP contribution in [0.3, 0.4) is 0 Å². The molecule has 1 N–H and O–H groups in total. The van der Waals surface area contributed by atoms with Gasteiger partial charge in [0.15, 0.2) is 11.5 Å². The molecular weight excluding hydrogens is 278 g/mol. The first-order chi connectivity index (χ1) is 10.7. The lowest BCUT2D eigenvalue weighted by Gasteiger charge is -2.14. The van der Waals surface area contributed by atoms with Gasteiger partial charge in [0.1, 0.15) is 5.75 Å². The van der Waals surface area contributed by atoms with Crippen molar-refractivity contribution in [1.82, 2.24) is 0 Å². The van der Waals surface area contributed by atoms with E-state index in [0.717, 1.165) is 23.7 Å². The van der Waals surface area contributed by atoms with Gasteiger partial charge in [-0.25, -0.2) is 0 Å². The van der Waals surface area contributed by atoms with Crippen LogP contribution < -0.4 is 19.5 Å². The van der Waals surface area contributed by atoms with Gasteiger partial charge in [0.25, 0.3) is 0 Å². The first-order valence-corrected chi connectivity index (χ1v) is 7.49. The van der Waals surface area contributed by atoms with Crippen molar-refractivity contribution in [2.75, 3.05) is 26.1 Å². The van der Waals surface area contributed by atoms with E-state index in [0.29, 0.717) is 6.61 Å². The summed E-state index contributed by atoms with van der Waals surface area (Å²) in [5, 5.41) is 3.56. The molecule has 4 nitrogen and oxygen atoms in total. The molecule has 1 aliphatic heterocycles. The van der Waals surface area contributed by atoms with Crippen LogP contribution in [-0.4, -0.2) is 20.8 Å². The second kappa shape index (κ2) is 6.18. The lowest BCUT2D eigenvalue weighted by Crippen LogP contribution is -2.06. The third-order valence-electron chi connectivity index (χ3n) is 3.95. The molecule has 2 aromatic carbocycles. The Morgan fingerprint density at radius 1 is 1.05 bits per heavy atom. The molecule has 1 unspecified atom stereocenters. The number of fused-ring (bicyclic) bond motifs is 1. The number of anilines is 1. The summed E-state index contributed by atoms with van der Waals surface area (Å²) in [4.78, 5) is 0. The number of hydrogen-bond acceptors (Lipinski definition) is 4. The van der Waals surface area contributed by atoms with Gasteiger partial charge in [0.05, 0.1) is 26.9 Å². The molecule has 0 radical (unpaired) electrons. The maximum Gasteiger partial charge on any atom is 0.161 e. The number of rotatable bonds is 5. The third-order valence-corrected chi connectivity index (χ3v) is 3.95. The molecule has 2 aromatic rings. The van der Waals surface area contributed by atoms with Crippen molar-refractivity contribution in [3.05, 3.63) is 47.5 Å². The molecule has 0 spiro atoms. The molecular formula is C18H21NO3. The highest BCUT2D eigenvalue weighted by Gasteiger charge is 2.23. The average Bonchev–Trinajstić information content (AvgIpc) is 2.97. The van der Waals surface area contributed by atoms with E-state index in [1.165, 1.54) is 16.8 Å². The number of methoxy groups -OCH3 is 2. The summed E-state index contributed by atoms with van der Waals surface area (Å²) in [6, 6.07) is 12.5. The minimum absolute atomic E-state index is 0.242. The third kappa shape index (κ3) is 2.69. The van der Waals surface area contributed by atoms with Crippen LogP contribution in [0.2, 0.25) is 0 Å². The number of ether oxygens (including phenoxy) is 3. The Labute approximate surface area is 131 Å². The van der Waals surface area contributed by atoms with Crippen molar-refractivity contribution in [3.63, 3.8) is 0 Å². The van der Waals surface area contributed by atoms with Crippen molar-refractivity contribution >= 4 is 5.69 Å². The van der Waals surface area contributed by atoms with E-state index in [-0.39, 0.29) is 6.04 Å². The molecule has 0 bridgehead atoms. The molecule has 116 valence electrons. The van der Waals surface area contributed by atoms with Gasteiger partial charge >= 0.3 is 0 Å². The standard InChI is InChI=1S/C18H21NO3/c1-4-22-14-6-7-15-13(9-14)10-16(19-15)12-5-8-17(20-2)18(11-12)21-3/h5-9,11,16,19H,4,10H2,1-3H3. The fraction of sp³-hybridized carbons (Fsp3) is 0.333. The summed E-state index contributed by atoms with van der Waals surface area (Å²) in [7, 11) is 3.31. The molecule has 0 saturated heterocycles. The van der Waals surface area contributed by atoms with Crippen molar-refractivity contribution in [1.29, 1.82) is 0 Å². The summed E-state index contributed by atoms with van der Waals surface area (Å²) >= 11 is 0. The van der Waals surface area contributed by atoms with Crippen LogP contribution >= 0.6 is 0 Å². The zero-order chi connectivity index (χ0) is 15.5. The van der Waals surface area contributed by atoms with Crippen LogP contribution in [0.25, 0.3) is 0 Å². The second-order valence-electron chi connectivity index (χ2n) is 5.27. The molecule has 0 aliphatic carbocycles. The fourth-order valence-corrected chi connectivity index (χ4v) is 2.87. The van der Waals surface area contributed by atoms with Gasteiger partial charge in [-0.05, 0) is 54.8 Å². The smallest absolute Gasteiger partial charge is 0.161 e. The van der Waals surface area contributed by atoms with Crippen LogP contribution in [0.5, 0.6) is 17.2 Å². The molecule has 0 saturated carbocycles. The molecule has 1 atom stereocenters.